The van der Waals surface area contributed by atoms with E-state index in [1.165, 1.54) is 0 Å². The number of unbranched alkanes of at least 4 members (excludes halogenated alkanes) is 3. The zero-order valence-corrected chi connectivity index (χ0v) is 10.5. The van der Waals surface area contributed by atoms with Crippen molar-refractivity contribution in [2.45, 2.75) is 38.5 Å². The molecule has 4 nitrogen and oxygen atoms in total. The Hall–Kier alpha value is -1.84. The van der Waals surface area contributed by atoms with Gasteiger partial charge in [0.15, 0.2) is 0 Å². The van der Waals surface area contributed by atoms with Crippen LogP contribution in [0.5, 0.6) is 0 Å². The Bertz CT molecular complexity index is 377. The molecule has 0 aliphatic rings. The summed E-state index contributed by atoms with van der Waals surface area (Å²) in [5.41, 5.74) is 5.87. The Morgan fingerprint density at radius 1 is 0.944 bits per heavy atom. The first-order chi connectivity index (χ1) is 8.68. The van der Waals surface area contributed by atoms with Crippen molar-refractivity contribution in [2.75, 3.05) is 5.32 Å². The lowest BCUT2D eigenvalue weighted by molar-refractivity contribution is -0.118. The van der Waals surface area contributed by atoms with Crippen molar-refractivity contribution in [3.05, 3.63) is 30.3 Å². The van der Waals surface area contributed by atoms with E-state index < -0.39 is 0 Å². The first-order valence-corrected chi connectivity index (χ1v) is 6.31. The first kappa shape index (κ1) is 14.2. The average molecular weight is 248 g/mol. The van der Waals surface area contributed by atoms with Gasteiger partial charge in [-0.15, -0.1) is 0 Å². The number of benzene rings is 1. The fraction of sp³-hybridized carbons (Fsp3) is 0.429. The van der Waals surface area contributed by atoms with E-state index >= 15 is 0 Å². The molecule has 0 heterocycles. The average Bonchev–Trinajstić information content (AvgIpc) is 2.34. The van der Waals surface area contributed by atoms with Gasteiger partial charge in [-0.05, 0) is 25.0 Å². The fourth-order valence-corrected chi connectivity index (χ4v) is 1.68. The maximum Gasteiger partial charge on any atom is 0.224 e. The summed E-state index contributed by atoms with van der Waals surface area (Å²) in [4.78, 5) is 22.1. The molecule has 0 aromatic heterocycles. The number of primary amides is 1. The molecule has 98 valence electrons. The molecular formula is C14H20N2O2. The number of hydrogen-bond donors (Lipinski definition) is 2. The minimum atomic E-state index is -0.253. The number of carbonyl (C=O) groups is 2. The van der Waals surface area contributed by atoms with Crippen LogP contribution in [0.1, 0.15) is 38.5 Å². The van der Waals surface area contributed by atoms with Crippen LogP contribution in [0.3, 0.4) is 0 Å². The molecule has 4 heteroatoms. The molecule has 0 radical (unpaired) electrons. The second-order valence-electron chi connectivity index (χ2n) is 4.29. The van der Waals surface area contributed by atoms with E-state index in [-0.39, 0.29) is 11.8 Å². The van der Waals surface area contributed by atoms with Gasteiger partial charge in [0, 0.05) is 18.5 Å². The summed E-state index contributed by atoms with van der Waals surface area (Å²) in [6.07, 6.45) is 4.52. The molecule has 0 aliphatic carbocycles. The summed E-state index contributed by atoms with van der Waals surface area (Å²) in [7, 11) is 0. The molecule has 0 saturated heterocycles. The van der Waals surface area contributed by atoms with Crippen molar-refractivity contribution in [1.82, 2.24) is 0 Å². The van der Waals surface area contributed by atoms with E-state index in [1.54, 1.807) is 0 Å². The van der Waals surface area contributed by atoms with Crippen molar-refractivity contribution in [2.24, 2.45) is 5.73 Å². The van der Waals surface area contributed by atoms with Gasteiger partial charge in [0.05, 0.1) is 0 Å². The Kier molecular flexibility index (Phi) is 6.54. The number of anilines is 1. The third-order valence-electron chi connectivity index (χ3n) is 2.63. The van der Waals surface area contributed by atoms with Crippen LogP contribution in [-0.2, 0) is 9.59 Å². The second-order valence-corrected chi connectivity index (χ2v) is 4.29. The van der Waals surface area contributed by atoms with E-state index in [1.807, 2.05) is 30.3 Å². The monoisotopic (exact) mass is 248 g/mol. The van der Waals surface area contributed by atoms with E-state index in [9.17, 15) is 9.59 Å². The highest BCUT2D eigenvalue weighted by atomic mass is 16.1. The third-order valence-corrected chi connectivity index (χ3v) is 2.63. The zero-order chi connectivity index (χ0) is 13.2. The van der Waals surface area contributed by atoms with E-state index in [2.05, 4.69) is 5.32 Å². The normalized spacial score (nSPS) is 10.0. The second kappa shape index (κ2) is 8.28. The highest BCUT2D eigenvalue weighted by molar-refractivity contribution is 5.90. The van der Waals surface area contributed by atoms with Crippen LogP contribution >= 0.6 is 0 Å². The molecule has 2 amide bonds. The third kappa shape index (κ3) is 6.68. The molecule has 18 heavy (non-hydrogen) atoms. The van der Waals surface area contributed by atoms with E-state index in [0.29, 0.717) is 12.8 Å². The number of rotatable bonds is 8. The van der Waals surface area contributed by atoms with Crippen LogP contribution in [0.25, 0.3) is 0 Å². The summed E-state index contributed by atoms with van der Waals surface area (Å²) >= 11 is 0. The topological polar surface area (TPSA) is 72.2 Å². The Labute approximate surface area is 108 Å². The summed E-state index contributed by atoms with van der Waals surface area (Å²) in [5.74, 6) is -0.215. The summed E-state index contributed by atoms with van der Waals surface area (Å²) in [6.45, 7) is 0. The van der Waals surface area contributed by atoms with Crippen LogP contribution < -0.4 is 11.1 Å². The lowest BCUT2D eigenvalue weighted by atomic mass is 10.1. The molecule has 0 spiro atoms. The van der Waals surface area contributed by atoms with Gasteiger partial charge in [-0.3, -0.25) is 9.59 Å². The minimum absolute atomic E-state index is 0.0381. The maximum atomic E-state index is 11.6. The number of hydrogen-bond acceptors (Lipinski definition) is 2. The van der Waals surface area contributed by atoms with Gasteiger partial charge < -0.3 is 11.1 Å². The summed E-state index contributed by atoms with van der Waals surface area (Å²) in [6, 6.07) is 9.42. The van der Waals surface area contributed by atoms with Gasteiger partial charge in [-0.2, -0.15) is 0 Å². The smallest absolute Gasteiger partial charge is 0.224 e. The summed E-state index contributed by atoms with van der Waals surface area (Å²) in [5, 5.41) is 2.84. The van der Waals surface area contributed by atoms with Crippen molar-refractivity contribution in [1.29, 1.82) is 0 Å². The highest BCUT2D eigenvalue weighted by Gasteiger charge is 2.01. The van der Waals surface area contributed by atoms with Crippen LogP contribution in [0.15, 0.2) is 30.3 Å². The Morgan fingerprint density at radius 3 is 2.17 bits per heavy atom. The standard InChI is InChI=1S/C14H20N2O2/c15-13(17)10-6-1-2-7-11-14(18)16-12-8-4-3-5-9-12/h3-5,8-9H,1-2,6-7,10-11H2,(H2,15,17)(H,16,18). The largest absolute Gasteiger partial charge is 0.370 e. The number of carbonyl (C=O) groups excluding carboxylic acids is 2. The molecule has 0 unspecified atom stereocenters. The van der Waals surface area contributed by atoms with Gasteiger partial charge in [-0.1, -0.05) is 31.0 Å². The molecular weight excluding hydrogens is 228 g/mol. The molecule has 3 N–H and O–H groups in total. The van der Waals surface area contributed by atoms with Crippen LogP contribution in [-0.4, -0.2) is 11.8 Å². The van der Waals surface area contributed by atoms with Crippen LogP contribution in [0, 0.1) is 0 Å². The van der Waals surface area contributed by atoms with Gasteiger partial charge in [0.1, 0.15) is 0 Å². The van der Waals surface area contributed by atoms with E-state index in [0.717, 1.165) is 31.4 Å². The summed E-state index contributed by atoms with van der Waals surface area (Å²) < 4.78 is 0. The van der Waals surface area contributed by atoms with Gasteiger partial charge in [0.2, 0.25) is 11.8 Å². The number of nitrogens with two attached hydrogens (primary N) is 1. The van der Waals surface area contributed by atoms with Crippen molar-refractivity contribution >= 4 is 17.5 Å². The van der Waals surface area contributed by atoms with Gasteiger partial charge >= 0.3 is 0 Å². The molecule has 1 aromatic carbocycles. The Balaban J connectivity index is 2.05. The lowest BCUT2D eigenvalue weighted by Crippen LogP contribution is -2.11. The van der Waals surface area contributed by atoms with E-state index in [4.69, 9.17) is 5.73 Å². The maximum absolute atomic E-state index is 11.6. The fourth-order valence-electron chi connectivity index (χ4n) is 1.68. The first-order valence-electron chi connectivity index (χ1n) is 6.31. The van der Waals surface area contributed by atoms with Gasteiger partial charge in [-0.25, -0.2) is 0 Å². The van der Waals surface area contributed by atoms with Crippen LogP contribution in [0.4, 0.5) is 5.69 Å². The molecule has 1 rings (SSSR count). The zero-order valence-electron chi connectivity index (χ0n) is 10.5. The van der Waals surface area contributed by atoms with Crippen molar-refractivity contribution in [3.8, 4) is 0 Å². The predicted molar refractivity (Wildman–Crippen MR) is 72.0 cm³/mol. The van der Waals surface area contributed by atoms with Crippen molar-refractivity contribution < 1.29 is 9.59 Å². The number of nitrogens with one attached hydrogen (secondary N) is 1. The minimum Gasteiger partial charge on any atom is -0.370 e. The molecule has 1 aromatic rings. The SMILES string of the molecule is NC(=O)CCCCCCC(=O)Nc1ccccc1. The lowest BCUT2D eigenvalue weighted by Gasteiger charge is -2.04. The molecule has 0 fully saturated rings. The quantitative estimate of drug-likeness (QED) is 0.693. The molecule has 0 bridgehead atoms. The number of amides is 2. The number of para-hydroxylation sites is 1. The van der Waals surface area contributed by atoms with Crippen LogP contribution in [0.2, 0.25) is 0 Å². The molecule has 0 saturated carbocycles. The molecule has 0 atom stereocenters. The predicted octanol–water partition coefficient (Wildman–Crippen LogP) is 2.45. The Morgan fingerprint density at radius 2 is 1.56 bits per heavy atom. The highest BCUT2D eigenvalue weighted by Crippen LogP contribution is 2.08. The van der Waals surface area contributed by atoms with Gasteiger partial charge in [0.25, 0.3) is 0 Å². The van der Waals surface area contributed by atoms with Crippen molar-refractivity contribution in [3.63, 3.8) is 0 Å². The molecule has 0 aliphatic heterocycles.